The summed E-state index contributed by atoms with van der Waals surface area (Å²) in [7, 11) is 0. The van der Waals surface area contributed by atoms with Gasteiger partial charge in [-0.2, -0.15) is 0 Å². The molecule has 0 spiro atoms. The minimum Gasteiger partial charge on any atom is -0.481 e. The average molecular weight is 195 g/mol. The Hall–Kier alpha value is -1.42. The molecule has 1 atom stereocenters. The molecule has 4 nitrogen and oxygen atoms in total. The van der Waals surface area contributed by atoms with Crippen molar-refractivity contribution in [3.63, 3.8) is 0 Å². The van der Waals surface area contributed by atoms with Crippen LogP contribution in [0.15, 0.2) is 24.5 Å². The topological polar surface area (TPSA) is 70.4 Å². The zero-order valence-electron chi connectivity index (χ0n) is 7.76. The maximum atomic E-state index is 10.9. The number of pyridine rings is 1. The minimum absolute atomic E-state index is 0.0179. The first-order valence-electron chi connectivity index (χ1n) is 4.49. The summed E-state index contributed by atoms with van der Waals surface area (Å²) in [4.78, 5) is 14.8. The first kappa shape index (κ1) is 10.7. The van der Waals surface area contributed by atoms with Crippen LogP contribution in [0.3, 0.4) is 0 Å². The van der Waals surface area contributed by atoms with Gasteiger partial charge in [0.25, 0.3) is 0 Å². The summed E-state index contributed by atoms with van der Waals surface area (Å²) < 4.78 is 0. The number of aliphatic carboxylic acids is 1. The van der Waals surface area contributed by atoms with Gasteiger partial charge < -0.3 is 10.2 Å². The lowest BCUT2D eigenvalue weighted by Crippen LogP contribution is -2.12. The quantitative estimate of drug-likeness (QED) is 0.736. The van der Waals surface area contributed by atoms with Crippen molar-refractivity contribution in [2.45, 2.75) is 18.8 Å². The summed E-state index contributed by atoms with van der Waals surface area (Å²) >= 11 is 0. The third kappa shape index (κ3) is 2.81. The van der Waals surface area contributed by atoms with Gasteiger partial charge in [-0.05, 0) is 24.5 Å². The molecule has 4 heteroatoms. The van der Waals surface area contributed by atoms with Gasteiger partial charge in [0.1, 0.15) is 0 Å². The molecular weight excluding hydrogens is 182 g/mol. The van der Waals surface area contributed by atoms with Gasteiger partial charge in [-0.3, -0.25) is 9.78 Å². The van der Waals surface area contributed by atoms with E-state index < -0.39 is 11.9 Å². The maximum absolute atomic E-state index is 10.9. The van der Waals surface area contributed by atoms with E-state index in [1.807, 2.05) is 0 Å². The van der Waals surface area contributed by atoms with E-state index in [0.717, 1.165) is 0 Å². The SMILES string of the molecule is O=C(O)[C@@H](CCCO)c1cccnc1. The Morgan fingerprint density at radius 2 is 2.36 bits per heavy atom. The van der Waals surface area contributed by atoms with Gasteiger partial charge in [0.05, 0.1) is 5.92 Å². The maximum Gasteiger partial charge on any atom is 0.311 e. The normalized spacial score (nSPS) is 12.4. The molecule has 0 aliphatic carbocycles. The highest BCUT2D eigenvalue weighted by Gasteiger charge is 2.18. The summed E-state index contributed by atoms with van der Waals surface area (Å²) in [6, 6.07) is 3.45. The van der Waals surface area contributed by atoms with Crippen LogP contribution >= 0.6 is 0 Å². The average Bonchev–Trinajstić information content (AvgIpc) is 2.19. The Kier molecular flexibility index (Phi) is 4.07. The lowest BCUT2D eigenvalue weighted by Gasteiger charge is -2.10. The van der Waals surface area contributed by atoms with Crippen LogP contribution in [-0.2, 0) is 4.79 Å². The summed E-state index contributed by atoms with van der Waals surface area (Å²) in [5.74, 6) is -1.43. The monoisotopic (exact) mass is 195 g/mol. The number of aliphatic hydroxyl groups is 1. The van der Waals surface area contributed by atoms with Crippen LogP contribution in [0.5, 0.6) is 0 Å². The van der Waals surface area contributed by atoms with Crippen molar-refractivity contribution in [2.24, 2.45) is 0 Å². The van der Waals surface area contributed by atoms with Gasteiger partial charge in [0.2, 0.25) is 0 Å². The molecule has 0 aliphatic heterocycles. The number of rotatable bonds is 5. The summed E-state index contributed by atoms with van der Waals surface area (Å²) in [6.45, 7) is 0.0179. The van der Waals surface area contributed by atoms with Gasteiger partial charge >= 0.3 is 5.97 Å². The van der Waals surface area contributed by atoms with Gasteiger partial charge in [0, 0.05) is 19.0 Å². The van der Waals surface area contributed by atoms with Crippen LogP contribution in [0.1, 0.15) is 24.3 Å². The van der Waals surface area contributed by atoms with E-state index in [9.17, 15) is 4.79 Å². The van der Waals surface area contributed by atoms with Crippen molar-refractivity contribution in [3.8, 4) is 0 Å². The molecule has 0 unspecified atom stereocenters. The largest absolute Gasteiger partial charge is 0.481 e. The fourth-order valence-electron chi connectivity index (χ4n) is 1.31. The van der Waals surface area contributed by atoms with Gasteiger partial charge in [0.15, 0.2) is 0 Å². The highest BCUT2D eigenvalue weighted by Crippen LogP contribution is 2.20. The van der Waals surface area contributed by atoms with Crippen molar-refractivity contribution in [3.05, 3.63) is 30.1 Å². The smallest absolute Gasteiger partial charge is 0.311 e. The number of carboxylic acid groups (broad SMARTS) is 1. The molecule has 1 aromatic rings. The van der Waals surface area contributed by atoms with Crippen LogP contribution in [-0.4, -0.2) is 27.8 Å². The van der Waals surface area contributed by atoms with Crippen molar-refractivity contribution < 1.29 is 15.0 Å². The number of carbonyl (C=O) groups is 1. The van der Waals surface area contributed by atoms with E-state index in [0.29, 0.717) is 18.4 Å². The lowest BCUT2D eigenvalue weighted by atomic mass is 9.96. The number of aliphatic hydroxyl groups excluding tert-OH is 1. The van der Waals surface area contributed by atoms with Crippen LogP contribution in [0.25, 0.3) is 0 Å². The molecule has 1 rings (SSSR count). The van der Waals surface area contributed by atoms with E-state index >= 15 is 0 Å². The van der Waals surface area contributed by atoms with Crippen molar-refractivity contribution in [2.75, 3.05) is 6.61 Å². The first-order valence-corrected chi connectivity index (χ1v) is 4.49. The summed E-state index contributed by atoms with van der Waals surface area (Å²) in [5, 5.41) is 17.6. The molecule has 1 heterocycles. The van der Waals surface area contributed by atoms with E-state index in [-0.39, 0.29) is 6.61 Å². The second-order valence-corrected chi connectivity index (χ2v) is 3.04. The highest BCUT2D eigenvalue weighted by molar-refractivity contribution is 5.75. The van der Waals surface area contributed by atoms with Crippen molar-refractivity contribution in [1.29, 1.82) is 0 Å². The predicted octanol–water partition coefficient (Wildman–Crippen LogP) is 1.02. The molecule has 76 valence electrons. The number of hydrogen-bond donors (Lipinski definition) is 2. The van der Waals surface area contributed by atoms with Gasteiger partial charge in [-0.15, -0.1) is 0 Å². The number of nitrogens with zero attached hydrogens (tertiary/aromatic N) is 1. The summed E-state index contributed by atoms with van der Waals surface area (Å²) in [5.41, 5.74) is 0.688. The molecule has 1 aromatic heterocycles. The Morgan fingerprint density at radius 1 is 1.57 bits per heavy atom. The molecule has 0 aromatic carbocycles. The highest BCUT2D eigenvalue weighted by atomic mass is 16.4. The van der Waals surface area contributed by atoms with E-state index in [4.69, 9.17) is 10.2 Å². The number of hydrogen-bond acceptors (Lipinski definition) is 3. The second kappa shape index (κ2) is 5.34. The Labute approximate surface area is 82.2 Å². The standard InChI is InChI=1S/C10H13NO3/c12-6-2-4-9(10(13)14)8-3-1-5-11-7-8/h1,3,5,7,9,12H,2,4,6H2,(H,13,14)/t9-/m0/s1. The number of carboxylic acids is 1. The molecule has 0 aliphatic rings. The van der Waals surface area contributed by atoms with E-state index in [1.165, 1.54) is 0 Å². The molecule has 2 N–H and O–H groups in total. The molecule has 0 fully saturated rings. The molecule has 0 bridgehead atoms. The molecule has 0 radical (unpaired) electrons. The number of aromatic nitrogens is 1. The zero-order valence-corrected chi connectivity index (χ0v) is 7.76. The Balaban J connectivity index is 2.73. The van der Waals surface area contributed by atoms with E-state index in [1.54, 1.807) is 24.5 Å². The van der Waals surface area contributed by atoms with Crippen LogP contribution in [0.4, 0.5) is 0 Å². The van der Waals surface area contributed by atoms with E-state index in [2.05, 4.69) is 4.98 Å². The molecule has 14 heavy (non-hydrogen) atoms. The van der Waals surface area contributed by atoms with Crippen molar-refractivity contribution in [1.82, 2.24) is 4.98 Å². The fourth-order valence-corrected chi connectivity index (χ4v) is 1.31. The Bertz CT molecular complexity index is 287. The van der Waals surface area contributed by atoms with Gasteiger partial charge in [-0.1, -0.05) is 6.07 Å². The van der Waals surface area contributed by atoms with Crippen molar-refractivity contribution >= 4 is 5.97 Å². The lowest BCUT2D eigenvalue weighted by molar-refractivity contribution is -0.139. The molecule has 0 amide bonds. The molecule has 0 saturated heterocycles. The second-order valence-electron chi connectivity index (χ2n) is 3.04. The zero-order chi connectivity index (χ0) is 10.4. The Morgan fingerprint density at radius 3 is 2.86 bits per heavy atom. The predicted molar refractivity (Wildman–Crippen MR) is 50.9 cm³/mol. The third-order valence-electron chi connectivity index (χ3n) is 2.04. The molecular formula is C10H13NO3. The van der Waals surface area contributed by atoms with Crippen LogP contribution < -0.4 is 0 Å². The first-order chi connectivity index (χ1) is 6.75. The third-order valence-corrected chi connectivity index (χ3v) is 2.04. The van der Waals surface area contributed by atoms with Crippen LogP contribution in [0, 0.1) is 0 Å². The minimum atomic E-state index is -0.869. The molecule has 0 saturated carbocycles. The van der Waals surface area contributed by atoms with Crippen LogP contribution in [0.2, 0.25) is 0 Å². The fraction of sp³-hybridized carbons (Fsp3) is 0.400. The summed E-state index contributed by atoms with van der Waals surface area (Å²) in [6.07, 6.45) is 4.09. The van der Waals surface area contributed by atoms with Gasteiger partial charge in [-0.25, -0.2) is 0 Å².